The largest absolute Gasteiger partial charge is 1.00 e. The van der Waals surface area contributed by atoms with Crippen LogP contribution in [0.5, 0.6) is 0 Å². The first kappa shape index (κ1) is 25.7. The molecule has 4 rings (SSSR count). The Kier molecular flexibility index (Phi) is 7.96. The Labute approximate surface area is 209 Å². The molecule has 9 heteroatoms. The van der Waals surface area contributed by atoms with Crippen LogP contribution in [0, 0.1) is 18.6 Å². The van der Waals surface area contributed by atoms with Crippen LogP contribution in [0.4, 0.5) is 8.78 Å². The van der Waals surface area contributed by atoms with Gasteiger partial charge in [0.25, 0.3) is 5.91 Å². The number of nitrogens with zero attached hydrogens (tertiary/aromatic N) is 2. The van der Waals surface area contributed by atoms with Gasteiger partial charge in [-0.25, -0.2) is 8.78 Å². The van der Waals surface area contributed by atoms with Gasteiger partial charge in [0, 0.05) is 11.1 Å². The molecule has 0 aliphatic rings. The number of rotatable bonds is 3. The summed E-state index contributed by atoms with van der Waals surface area (Å²) in [5, 5.41) is 15.3. The third-order valence-corrected chi connectivity index (χ3v) is 5.06. The molecule has 5 nitrogen and oxygen atoms in total. The summed E-state index contributed by atoms with van der Waals surface area (Å²) in [7, 11) is 0. The van der Waals surface area contributed by atoms with Crippen molar-refractivity contribution >= 4 is 34.4 Å². The third kappa shape index (κ3) is 4.34. The van der Waals surface area contributed by atoms with Gasteiger partial charge >= 0.3 is 29.6 Å². The number of fused-ring (bicyclic) bond motifs is 1. The quantitative estimate of drug-likeness (QED) is 0.432. The van der Waals surface area contributed by atoms with Crippen molar-refractivity contribution in [2.45, 2.75) is 14.4 Å². The molecule has 0 bridgehead atoms. The standard InChI is InChI=1S/C22H13ClF2N2O3.CH4.Na/c1-11-4-2-5-14(23)18(11)21(28)27-17-7-3-6-15(24)19(17)20(26-27)13-9-8-12(22(29)30)10-16(13)25;;/h2-10H,1H3,(H,29,30);1H4;/q;;+1/p-1. The molecule has 0 saturated heterocycles. The van der Waals surface area contributed by atoms with Gasteiger partial charge in [-0.2, -0.15) is 9.78 Å². The van der Waals surface area contributed by atoms with Crippen LogP contribution in [-0.4, -0.2) is 21.7 Å². The Hall–Kier alpha value is -2.58. The molecule has 158 valence electrons. The summed E-state index contributed by atoms with van der Waals surface area (Å²) in [5.74, 6) is -3.80. The minimum atomic E-state index is -1.55. The number of carbonyl (C=O) groups excluding carboxylic acids is 2. The van der Waals surface area contributed by atoms with Crippen molar-refractivity contribution in [3.8, 4) is 11.3 Å². The molecule has 0 aliphatic carbocycles. The zero-order valence-corrected chi connectivity index (χ0v) is 19.2. The first-order valence-corrected chi connectivity index (χ1v) is 9.15. The molecular weight excluding hydrogens is 449 g/mol. The normalized spacial score (nSPS) is 10.4. The number of aryl methyl sites for hydroxylation is 1. The van der Waals surface area contributed by atoms with Gasteiger partial charge in [-0.3, -0.25) is 4.79 Å². The molecule has 3 aromatic carbocycles. The Morgan fingerprint density at radius 3 is 2.34 bits per heavy atom. The second-order valence-electron chi connectivity index (χ2n) is 6.61. The van der Waals surface area contributed by atoms with Crippen LogP contribution < -0.4 is 34.7 Å². The summed E-state index contributed by atoms with van der Waals surface area (Å²) in [5.41, 5.74) is 0.243. The fourth-order valence-corrected chi connectivity index (χ4v) is 3.62. The molecule has 0 saturated carbocycles. The van der Waals surface area contributed by atoms with Crippen molar-refractivity contribution in [3.63, 3.8) is 0 Å². The first-order valence-electron chi connectivity index (χ1n) is 8.78. The minimum Gasteiger partial charge on any atom is -0.545 e. The molecule has 0 N–H and O–H groups in total. The molecule has 1 aromatic heterocycles. The van der Waals surface area contributed by atoms with E-state index >= 15 is 0 Å². The smallest absolute Gasteiger partial charge is 0.545 e. The maximum absolute atomic E-state index is 14.7. The van der Waals surface area contributed by atoms with Crippen LogP contribution in [-0.2, 0) is 0 Å². The predicted octanol–water partition coefficient (Wildman–Crippen LogP) is 1.64. The summed E-state index contributed by atoms with van der Waals surface area (Å²) >= 11 is 6.20. The molecule has 0 fully saturated rings. The number of aromatic carboxylic acids is 1. The van der Waals surface area contributed by atoms with E-state index in [1.165, 1.54) is 12.1 Å². The maximum Gasteiger partial charge on any atom is 1.00 e. The second kappa shape index (κ2) is 9.92. The van der Waals surface area contributed by atoms with E-state index in [1.54, 1.807) is 25.1 Å². The van der Waals surface area contributed by atoms with Gasteiger partial charge in [-0.15, -0.1) is 0 Å². The summed E-state index contributed by atoms with van der Waals surface area (Å²) in [6, 6.07) is 12.0. The molecule has 1 heterocycles. The number of hydrogen-bond acceptors (Lipinski definition) is 4. The van der Waals surface area contributed by atoms with Crippen LogP contribution in [0.25, 0.3) is 22.2 Å². The van der Waals surface area contributed by atoms with E-state index in [0.29, 0.717) is 5.56 Å². The molecule has 0 unspecified atom stereocenters. The van der Waals surface area contributed by atoms with Gasteiger partial charge in [0.1, 0.15) is 17.3 Å². The van der Waals surface area contributed by atoms with E-state index in [2.05, 4.69) is 5.10 Å². The maximum atomic E-state index is 14.7. The second-order valence-corrected chi connectivity index (χ2v) is 7.02. The van der Waals surface area contributed by atoms with Crippen LogP contribution in [0.1, 0.15) is 33.7 Å². The van der Waals surface area contributed by atoms with Crippen molar-refractivity contribution in [1.29, 1.82) is 0 Å². The van der Waals surface area contributed by atoms with Gasteiger partial charge < -0.3 is 9.90 Å². The Bertz CT molecular complexity index is 1330. The fourth-order valence-electron chi connectivity index (χ4n) is 3.31. The number of carboxylic acid groups (broad SMARTS) is 1. The SMILES string of the molecule is C.Cc1cccc(Cl)c1C(=O)n1nc(-c2ccc(C(=O)[O-])cc2F)c2c(F)cccc21.[Na+]. The molecular formula is C23H16ClF2N2NaO3. The monoisotopic (exact) mass is 464 g/mol. The summed E-state index contributed by atoms with van der Waals surface area (Å²) in [6.45, 7) is 1.70. The summed E-state index contributed by atoms with van der Waals surface area (Å²) in [4.78, 5) is 24.2. The van der Waals surface area contributed by atoms with Crippen LogP contribution in [0.3, 0.4) is 0 Å². The van der Waals surface area contributed by atoms with Crippen molar-refractivity contribution < 1.29 is 53.0 Å². The van der Waals surface area contributed by atoms with Crippen molar-refractivity contribution in [2.75, 3.05) is 0 Å². The van der Waals surface area contributed by atoms with E-state index in [4.69, 9.17) is 11.6 Å². The molecule has 0 spiro atoms. The number of halogens is 3. The van der Waals surface area contributed by atoms with E-state index in [1.807, 2.05) is 0 Å². The van der Waals surface area contributed by atoms with E-state index in [0.717, 1.165) is 28.9 Å². The Morgan fingerprint density at radius 1 is 1.03 bits per heavy atom. The topological polar surface area (TPSA) is 75.0 Å². The van der Waals surface area contributed by atoms with Crippen molar-refractivity contribution in [2.24, 2.45) is 0 Å². The van der Waals surface area contributed by atoms with Crippen molar-refractivity contribution in [3.05, 3.63) is 87.9 Å². The minimum absolute atomic E-state index is 0. The van der Waals surface area contributed by atoms with Crippen LogP contribution in [0.2, 0.25) is 5.02 Å². The number of aromatic nitrogens is 2. The van der Waals surface area contributed by atoms with E-state index in [9.17, 15) is 23.5 Å². The summed E-state index contributed by atoms with van der Waals surface area (Å²) < 4.78 is 30.3. The van der Waals surface area contributed by atoms with Crippen LogP contribution >= 0.6 is 11.6 Å². The Morgan fingerprint density at radius 2 is 1.72 bits per heavy atom. The van der Waals surface area contributed by atoms with Gasteiger partial charge in [0.2, 0.25) is 0 Å². The predicted molar refractivity (Wildman–Crippen MR) is 112 cm³/mol. The number of carbonyl (C=O) groups is 2. The zero-order valence-electron chi connectivity index (χ0n) is 16.4. The average Bonchev–Trinajstić information content (AvgIpc) is 3.08. The summed E-state index contributed by atoms with van der Waals surface area (Å²) in [6.07, 6.45) is 0. The average molecular weight is 465 g/mol. The van der Waals surface area contributed by atoms with Crippen molar-refractivity contribution in [1.82, 2.24) is 9.78 Å². The number of carboxylic acids is 1. The third-order valence-electron chi connectivity index (χ3n) is 4.74. The Balaban J connectivity index is 0.00000181. The van der Waals surface area contributed by atoms with Gasteiger partial charge in [-0.05, 0) is 42.8 Å². The molecule has 0 radical (unpaired) electrons. The molecule has 4 aromatic rings. The number of hydrogen-bond donors (Lipinski definition) is 0. The zero-order chi connectivity index (χ0) is 21.6. The van der Waals surface area contributed by atoms with Crippen LogP contribution in [0.15, 0.2) is 54.6 Å². The molecule has 0 atom stereocenters. The fraction of sp³-hybridized carbons (Fsp3) is 0.0870. The van der Waals surface area contributed by atoms with Gasteiger partial charge in [-0.1, -0.05) is 43.3 Å². The first-order chi connectivity index (χ1) is 14.3. The van der Waals surface area contributed by atoms with Gasteiger partial charge in [0.05, 0.1) is 27.5 Å². The van der Waals surface area contributed by atoms with Gasteiger partial charge in [0.15, 0.2) is 0 Å². The molecule has 0 aliphatic heterocycles. The molecule has 32 heavy (non-hydrogen) atoms. The van der Waals surface area contributed by atoms with E-state index < -0.39 is 23.5 Å². The van der Waals surface area contributed by atoms with E-state index in [-0.39, 0.29) is 75.3 Å². The number of benzene rings is 3. The molecule has 0 amide bonds.